The Morgan fingerprint density at radius 2 is 1.96 bits per heavy atom. The lowest BCUT2D eigenvalue weighted by Crippen LogP contribution is -2.64. The standard InChI is InChI=1S/C17H24N5O4/c1-7-26-12(23)8-20-15(24)13-14(19(6)17(20)25)18-16-21(9(2)3)10(4)11(5)22(13)16/h9,13H,7-8H2,1-6H3/q+1. The van der Waals surface area contributed by atoms with Gasteiger partial charge in [-0.1, -0.05) is 4.99 Å². The van der Waals surface area contributed by atoms with Crippen LogP contribution in [0.5, 0.6) is 0 Å². The van der Waals surface area contributed by atoms with Crippen LogP contribution in [-0.2, 0) is 14.3 Å². The van der Waals surface area contributed by atoms with Gasteiger partial charge in [-0.05, 0) is 34.6 Å². The Bertz CT molecular complexity index is 839. The number of rotatable bonds is 4. The maximum Gasteiger partial charge on any atom is 0.402 e. The van der Waals surface area contributed by atoms with Gasteiger partial charge in [-0.15, -0.1) is 0 Å². The second-order valence-electron chi connectivity index (χ2n) is 6.75. The number of amides is 3. The summed E-state index contributed by atoms with van der Waals surface area (Å²) in [5.74, 6) is -0.0554. The van der Waals surface area contributed by atoms with Crippen LogP contribution in [0.2, 0.25) is 0 Å². The Morgan fingerprint density at radius 1 is 1.31 bits per heavy atom. The van der Waals surface area contributed by atoms with Crippen molar-refractivity contribution in [3.63, 3.8) is 0 Å². The number of urea groups is 1. The van der Waals surface area contributed by atoms with E-state index in [4.69, 9.17) is 4.74 Å². The average Bonchev–Trinajstić information content (AvgIpc) is 3.06. The molecule has 0 saturated carbocycles. The number of carbonyl (C=O) groups is 3. The summed E-state index contributed by atoms with van der Waals surface area (Å²) in [7, 11) is 1.56. The molecule has 9 nitrogen and oxygen atoms in total. The Balaban J connectivity index is 2.07. The molecule has 1 atom stereocenters. The SMILES string of the molecule is CCOC(=O)CN1C(=O)C2C(=Nc3n(C(C)C)c(C)c(C)[n+]32)N(C)C1=O. The topological polar surface area (TPSA) is 88.1 Å². The van der Waals surface area contributed by atoms with E-state index in [2.05, 4.69) is 4.99 Å². The van der Waals surface area contributed by atoms with Crippen molar-refractivity contribution in [1.29, 1.82) is 0 Å². The van der Waals surface area contributed by atoms with E-state index in [1.807, 2.05) is 36.8 Å². The van der Waals surface area contributed by atoms with E-state index in [-0.39, 0.29) is 12.6 Å². The smallest absolute Gasteiger partial charge is 0.402 e. The number of likely N-dealkylation sites (N-methyl/N-ethyl adjacent to an activating group) is 1. The van der Waals surface area contributed by atoms with E-state index in [0.29, 0.717) is 11.8 Å². The number of esters is 1. The predicted octanol–water partition coefficient (Wildman–Crippen LogP) is 1.02. The van der Waals surface area contributed by atoms with E-state index >= 15 is 0 Å². The van der Waals surface area contributed by atoms with Crippen molar-refractivity contribution in [3.05, 3.63) is 11.4 Å². The molecule has 3 rings (SSSR count). The summed E-state index contributed by atoms with van der Waals surface area (Å²) < 4.78 is 8.78. The number of hydrogen-bond donors (Lipinski definition) is 0. The third-order valence-electron chi connectivity index (χ3n) is 4.86. The first-order valence-corrected chi connectivity index (χ1v) is 8.66. The number of amidine groups is 1. The van der Waals surface area contributed by atoms with Crippen LogP contribution in [0.3, 0.4) is 0 Å². The first-order valence-electron chi connectivity index (χ1n) is 8.66. The number of nitrogens with zero attached hydrogens (tertiary/aromatic N) is 5. The normalized spacial score (nSPS) is 19.0. The summed E-state index contributed by atoms with van der Waals surface area (Å²) >= 11 is 0. The number of imidazole rings is 1. The molecular formula is C17H24N5O4+. The summed E-state index contributed by atoms with van der Waals surface area (Å²) in [6.45, 7) is 9.45. The van der Waals surface area contributed by atoms with Crippen molar-refractivity contribution in [2.45, 2.75) is 46.7 Å². The van der Waals surface area contributed by atoms with Gasteiger partial charge in [0.2, 0.25) is 11.9 Å². The molecule has 0 bridgehead atoms. The predicted molar refractivity (Wildman–Crippen MR) is 92.1 cm³/mol. The van der Waals surface area contributed by atoms with Gasteiger partial charge in [0, 0.05) is 7.05 Å². The number of imide groups is 1. The van der Waals surface area contributed by atoms with E-state index in [0.717, 1.165) is 16.3 Å². The summed E-state index contributed by atoms with van der Waals surface area (Å²) in [6.07, 6.45) is 0. The first-order chi connectivity index (χ1) is 12.2. The van der Waals surface area contributed by atoms with Gasteiger partial charge in [0.25, 0.3) is 5.91 Å². The summed E-state index contributed by atoms with van der Waals surface area (Å²) in [5.41, 5.74) is 1.92. The van der Waals surface area contributed by atoms with Crippen molar-refractivity contribution in [2.24, 2.45) is 4.99 Å². The zero-order valence-corrected chi connectivity index (χ0v) is 15.9. The lowest BCUT2D eigenvalue weighted by atomic mass is 10.1. The third-order valence-corrected chi connectivity index (χ3v) is 4.86. The highest BCUT2D eigenvalue weighted by Crippen LogP contribution is 2.32. The number of hydrogen-bond acceptors (Lipinski definition) is 5. The zero-order valence-electron chi connectivity index (χ0n) is 15.9. The molecule has 1 aromatic heterocycles. The molecule has 0 spiro atoms. The molecule has 1 fully saturated rings. The van der Waals surface area contributed by atoms with Crippen LogP contribution in [0.4, 0.5) is 10.7 Å². The van der Waals surface area contributed by atoms with Crippen molar-refractivity contribution in [3.8, 4) is 0 Å². The van der Waals surface area contributed by atoms with Gasteiger partial charge in [-0.2, -0.15) is 0 Å². The van der Waals surface area contributed by atoms with Gasteiger partial charge in [0.15, 0.2) is 0 Å². The number of fused-ring (bicyclic) bond motifs is 3. The van der Waals surface area contributed by atoms with Crippen LogP contribution >= 0.6 is 0 Å². The Hall–Kier alpha value is -2.71. The molecule has 9 heteroatoms. The van der Waals surface area contributed by atoms with E-state index in [1.54, 1.807) is 14.0 Å². The van der Waals surface area contributed by atoms with Gasteiger partial charge in [0.05, 0.1) is 12.6 Å². The number of aliphatic imine (C=N–C) groups is 1. The largest absolute Gasteiger partial charge is 0.465 e. The van der Waals surface area contributed by atoms with Crippen LogP contribution in [0.25, 0.3) is 0 Å². The Morgan fingerprint density at radius 3 is 2.54 bits per heavy atom. The fraction of sp³-hybridized carbons (Fsp3) is 0.588. The molecule has 0 aromatic carbocycles. The molecule has 2 aliphatic rings. The summed E-state index contributed by atoms with van der Waals surface area (Å²) in [6, 6.07) is -1.17. The molecule has 0 N–H and O–H groups in total. The van der Waals surface area contributed by atoms with Crippen LogP contribution in [0.1, 0.15) is 44.2 Å². The van der Waals surface area contributed by atoms with E-state index in [1.165, 1.54) is 4.90 Å². The highest BCUT2D eigenvalue weighted by Gasteiger charge is 2.54. The molecule has 140 valence electrons. The van der Waals surface area contributed by atoms with E-state index in [9.17, 15) is 14.4 Å². The van der Waals surface area contributed by atoms with Crippen molar-refractivity contribution >= 4 is 29.7 Å². The number of carbonyl (C=O) groups excluding carboxylic acids is 3. The van der Waals surface area contributed by atoms with Gasteiger partial charge in [-0.3, -0.25) is 14.5 Å². The van der Waals surface area contributed by atoms with Crippen molar-refractivity contribution in [2.75, 3.05) is 20.2 Å². The second-order valence-corrected chi connectivity index (χ2v) is 6.75. The molecule has 3 amide bonds. The molecule has 1 aromatic rings. The number of aromatic nitrogens is 2. The molecule has 1 saturated heterocycles. The molecule has 0 radical (unpaired) electrons. The van der Waals surface area contributed by atoms with Crippen LogP contribution in [0.15, 0.2) is 4.99 Å². The first kappa shape index (κ1) is 18.1. The van der Waals surface area contributed by atoms with Gasteiger partial charge in [-0.25, -0.2) is 18.8 Å². The third kappa shape index (κ3) is 2.41. The highest BCUT2D eigenvalue weighted by atomic mass is 16.5. The molecule has 26 heavy (non-hydrogen) atoms. The van der Waals surface area contributed by atoms with E-state index < -0.39 is 30.5 Å². The zero-order chi connectivity index (χ0) is 19.3. The summed E-state index contributed by atoms with van der Waals surface area (Å²) in [5, 5.41) is 0. The molecule has 0 aliphatic carbocycles. The molecule has 3 heterocycles. The number of ether oxygens (including phenoxy) is 1. The van der Waals surface area contributed by atoms with Crippen molar-refractivity contribution in [1.82, 2.24) is 14.4 Å². The Kier molecular flexibility index (Phi) is 4.33. The van der Waals surface area contributed by atoms with Crippen molar-refractivity contribution < 1.29 is 23.7 Å². The molecule has 1 unspecified atom stereocenters. The minimum Gasteiger partial charge on any atom is -0.465 e. The van der Waals surface area contributed by atoms with Gasteiger partial charge < -0.3 is 4.74 Å². The Labute approximate surface area is 151 Å². The fourth-order valence-corrected chi connectivity index (χ4v) is 3.56. The molecular weight excluding hydrogens is 338 g/mol. The monoisotopic (exact) mass is 362 g/mol. The minimum atomic E-state index is -0.749. The fourth-order valence-electron chi connectivity index (χ4n) is 3.56. The summed E-state index contributed by atoms with van der Waals surface area (Å²) in [4.78, 5) is 44.3. The maximum absolute atomic E-state index is 13.1. The van der Waals surface area contributed by atoms with Gasteiger partial charge >= 0.3 is 17.9 Å². The van der Waals surface area contributed by atoms with Gasteiger partial charge in [0.1, 0.15) is 17.9 Å². The van der Waals surface area contributed by atoms with Crippen LogP contribution < -0.4 is 4.57 Å². The lowest BCUT2D eigenvalue weighted by Gasteiger charge is -2.32. The average molecular weight is 362 g/mol. The maximum atomic E-state index is 13.1. The molecule has 2 aliphatic heterocycles. The second kappa shape index (κ2) is 6.22. The highest BCUT2D eigenvalue weighted by molar-refractivity contribution is 6.19. The van der Waals surface area contributed by atoms with Crippen LogP contribution in [-0.4, -0.2) is 58.3 Å². The quantitative estimate of drug-likeness (QED) is 0.591. The lowest BCUT2D eigenvalue weighted by molar-refractivity contribution is -0.682. The minimum absolute atomic E-state index is 0.154. The van der Waals surface area contributed by atoms with Crippen LogP contribution in [0, 0.1) is 13.8 Å².